The van der Waals surface area contributed by atoms with Crippen LogP contribution in [-0.2, 0) is 0 Å². The van der Waals surface area contributed by atoms with Gasteiger partial charge in [0.05, 0.1) is 0 Å². The van der Waals surface area contributed by atoms with Gasteiger partial charge in [0, 0.05) is 19.6 Å². The van der Waals surface area contributed by atoms with E-state index < -0.39 is 35.8 Å². The van der Waals surface area contributed by atoms with Crippen molar-refractivity contribution in [2.24, 2.45) is 49.4 Å². The molecular formula is C30H45N15O6. The average molecular weight is 712 g/mol. The number of nitrogens with one attached hydrogen (secondary N) is 3. The van der Waals surface area contributed by atoms with Crippen molar-refractivity contribution >= 4 is 35.6 Å². The standard InChI is InChI=1S/C30H45N15O6/c1-13-19-22(46)40-17(8-5-11-38-29(33)34)26-44-21(15(3)50-26)24(48)42-18(9-6-12-39-30(35)36)27-45-20(14(2)51-27)23(47)41-16(25(43-19)49-13)7-4-10-37-28(31)32/h16-18H,4-12H2,1-3H3,(H,40,46)(H,41,47)(H,42,48)(H4,31,32,37)(H4,33,34,38)(H4,35,36,39)/t16-,17-,18-/m0/s1. The van der Waals surface area contributed by atoms with Crippen molar-refractivity contribution in [1.29, 1.82) is 0 Å². The molecular weight excluding hydrogens is 666 g/mol. The quantitative estimate of drug-likeness (QED) is 0.0647. The predicted molar refractivity (Wildman–Crippen MR) is 184 cm³/mol. The second-order valence-electron chi connectivity index (χ2n) is 11.8. The first-order valence-corrected chi connectivity index (χ1v) is 16.2. The molecule has 3 aromatic heterocycles. The molecule has 0 unspecified atom stereocenters. The summed E-state index contributed by atoms with van der Waals surface area (Å²) < 4.78 is 17.8. The van der Waals surface area contributed by atoms with E-state index in [0.29, 0.717) is 19.3 Å². The lowest BCUT2D eigenvalue weighted by Gasteiger charge is -2.16. The van der Waals surface area contributed by atoms with Gasteiger partial charge >= 0.3 is 0 Å². The van der Waals surface area contributed by atoms with E-state index in [1.165, 1.54) is 0 Å². The van der Waals surface area contributed by atoms with Crippen molar-refractivity contribution in [1.82, 2.24) is 30.9 Å². The third-order valence-corrected chi connectivity index (χ3v) is 7.73. The lowest BCUT2D eigenvalue weighted by atomic mass is 10.1. The fourth-order valence-electron chi connectivity index (χ4n) is 5.29. The Morgan fingerprint density at radius 2 is 0.784 bits per heavy atom. The van der Waals surface area contributed by atoms with E-state index in [-0.39, 0.29) is 109 Å². The summed E-state index contributed by atoms with van der Waals surface area (Å²) in [6.45, 7) is 5.48. The maximum Gasteiger partial charge on any atom is 0.274 e. The third-order valence-electron chi connectivity index (χ3n) is 7.73. The molecule has 51 heavy (non-hydrogen) atoms. The van der Waals surface area contributed by atoms with Gasteiger partial charge in [-0.25, -0.2) is 15.0 Å². The van der Waals surface area contributed by atoms with E-state index in [1.807, 2.05) is 0 Å². The zero-order valence-corrected chi connectivity index (χ0v) is 28.7. The number of fused-ring (bicyclic) bond motifs is 6. The monoisotopic (exact) mass is 711 g/mol. The van der Waals surface area contributed by atoms with Crippen LogP contribution in [0.5, 0.6) is 0 Å². The number of oxazole rings is 3. The summed E-state index contributed by atoms with van der Waals surface area (Å²) in [5, 5.41) is 8.64. The Labute approximate surface area is 292 Å². The summed E-state index contributed by atoms with van der Waals surface area (Å²) >= 11 is 0. The van der Waals surface area contributed by atoms with Gasteiger partial charge in [-0.1, -0.05) is 0 Å². The number of hydrogen-bond donors (Lipinski definition) is 9. The molecule has 3 aromatic rings. The lowest BCUT2D eigenvalue weighted by Crippen LogP contribution is -2.32. The molecule has 0 radical (unpaired) electrons. The van der Waals surface area contributed by atoms with Crippen LogP contribution in [0.4, 0.5) is 0 Å². The largest absolute Gasteiger partial charge is 0.443 e. The van der Waals surface area contributed by atoms with Gasteiger partial charge < -0.3 is 63.6 Å². The lowest BCUT2D eigenvalue weighted by molar-refractivity contribution is 0.0915. The number of carbonyl (C=O) groups is 3. The number of carbonyl (C=O) groups excluding carboxylic acids is 3. The van der Waals surface area contributed by atoms with Gasteiger partial charge in [0.25, 0.3) is 17.7 Å². The summed E-state index contributed by atoms with van der Waals surface area (Å²) in [5.41, 5.74) is 32.8. The number of amides is 3. The molecule has 4 heterocycles. The maximum atomic E-state index is 13.7. The number of guanidine groups is 3. The van der Waals surface area contributed by atoms with E-state index in [0.717, 1.165) is 0 Å². The highest BCUT2D eigenvalue weighted by Crippen LogP contribution is 2.27. The minimum Gasteiger partial charge on any atom is -0.443 e. The van der Waals surface area contributed by atoms with Crippen LogP contribution >= 0.6 is 0 Å². The Kier molecular flexibility index (Phi) is 12.5. The zero-order valence-electron chi connectivity index (χ0n) is 28.7. The number of aromatic nitrogens is 3. The van der Waals surface area contributed by atoms with Crippen LogP contribution in [0.2, 0.25) is 0 Å². The second kappa shape index (κ2) is 17.0. The van der Waals surface area contributed by atoms with Gasteiger partial charge in [-0.15, -0.1) is 0 Å². The van der Waals surface area contributed by atoms with E-state index >= 15 is 0 Å². The molecule has 1 aliphatic heterocycles. The summed E-state index contributed by atoms with van der Waals surface area (Å²) in [5.74, 6) is -1.29. The molecule has 21 nitrogen and oxygen atoms in total. The van der Waals surface area contributed by atoms with Crippen LogP contribution in [-0.4, -0.2) is 70.2 Å². The average Bonchev–Trinajstić information content (AvgIpc) is 3.76. The minimum atomic E-state index is -0.826. The van der Waals surface area contributed by atoms with Crippen molar-refractivity contribution < 1.29 is 27.6 Å². The molecule has 1 aliphatic rings. The zero-order chi connectivity index (χ0) is 37.2. The summed E-state index contributed by atoms with van der Waals surface area (Å²) in [6.07, 6.45) is 2.10. The molecule has 4 rings (SSSR count). The number of aryl methyl sites for hydroxylation is 3. The molecule has 0 fully saturated rings. The van der Waals surface area contributed by atoms with Gasteiger partial charge in [0.1, 0.15) is 35.4 Å². The second-order valence-corrected chi connectivity index (χ2v) is 11.8. The van der Waals surface area contributed by atoms with E-state index in [4.69, 9.17) is 47.7 Å². The fraction of sp³-hybridized carbons (Fsp3) is 0.500. The molecule has 0 aromatic carbocycles. The first-order valence-electron chi connectivity index (χ1n) is 16.2. The predicted octanol–water partition coefficient (Wildman–Crippen LogP) is -0.537. The van der Waals surface area contributed by atoms with Gasteiger partial charge in [0.2, 0.25) is 17.7 Å². The first kappa shape index (κ1) is 37.7. The van der Waals surface area contributed by atoms with Crippen molar-refractivity contribution in [2.45, 2.75) is 77.4 Å². The van der Waals surface area contributed by atoms with E-state index in [9.17, 15) is 14.4 Å². The van der Waals surface area contributed by atoms with Gasteiger partial charge in [-0.3, -0.25) is 29.4 Å². The smallest absolute Gasteiger partial charge is 0.274 e. The molecule has 3 amide bonds. The maximum absolute atomic E-state index is 13.7. The van der Waals surface area contributed by atoms with Crippen molar-refractivity contribution in [3.8, 4) is 0 Å². The molecule has 15 N–H and O–H groups in total. The van der Waals surface area contributed by atoms with E-state index in [2.05, 4.69) is 45.9 Å². The van der Waals surface area contributed by atoms with Gasteiger partial charge in [-0.2, -0.15) is 0 Å². The summed E-state index contributed by atoms with van der Waals surface area (Å²) in [6, 6.07) is -2.48. The van der Waals surface area contributed by atoms with Gasteiger partial charge in [0.15, 0.2) is 35.0 Å². The van der Waals surface area contributed by atoms with Crippen LogP contribution in [0.25, 0.3) is 0 Å². The number of rotatable bonds is 12. The fourth-order valence-corrected chi connectivity index (χ4v) is 5.29. The number of nitrogens with two attached hydrogens (primary N) is 6. The third kappa shape index (κ3) is 10.2. The molecule has 21 heteroatoms. The Morgan fingerprint density at radius 1 is 0.529 bits per heavy atom. The van der Waals surface area contributed by atoms with Gasteiger partial charge in [-0.05, 0) is 59.3 Å². The number of aliphatic imine (C=N–C) groups is 3. The summed E-state index contributed by atoms with van der Waals surface area (Å²) in [7, 11) is 0. The Balaban J connectivity index is 1.78. The van der Waals surface area contributed by atoms with Crippen LogP contribution in [0, 0.1) is 20.8 Å². The normalized spacial score (nSPS) is 17.7. The Hall–Kier alpha value is -6.15. The van der Waals surface area contributed by atoms with E-state index in [1.54, 1.807) is 20.8 Å². The molecule has 276 valence electrons. The highest BCUT2D eigenvalue weighted by Gasteiger charge is 2.32. The molecule has 6 bridgehead atoms. The number of nitrogens with zero attached hydrogens (tertiary/aromatic N) is 6. The highest BCUT2D eigenvalue weighted by atomic mass is 16.4. The van der Waals surface area contributed by atoms with Crippen LogP contribution in [0.1, 0.15) is 123 Å². The van der Waals surface area contributed by atoms with Crippen LogP contribution in [0.3, 0.4) is 0 Å². The van der Waals surface area contributed by atoms with Crippen molar-refractivity contribution in [3.63, 3.8) is 0 Å². The molecule has 0 saturated heterocycles. The summed E-state index contributed by atoms with van der Waals surface area (Å²) in [4.78, 5) is 66.5. The van der Waals surface area contributed by atoms with Crippen molar-refractivity contribution in [3.05, 3.63) is 52.0 Å². The molecule has 3 atom stereocenters. The van der Waals surface area contributed by atoms with Crippen LogP contribution in [0.15, 0.2) is 28.2 Å². The first-order chi connectivity index (χ1) is 24.2. The molecule has 0 saturated carbocycles. The molecule has 0 spiro atoms. The van der Waals surface area contributed by atoms with Crippen LogP contribution < -0.4 is 50.4 Å². The number of hydrogen-bond acceptors (Lipinski definition) is 12. The Bertz CT molecular complexity index is 1590. The van der Waals surface area contributed by atoms with Crippen molar-refractivity contribution in [2.75, 3.05) is 19.6 Å². The minimum absolute atomic E-state index is 0.0338. The highest BCUT2D eigenvalue weighted by molar-refractivity contribution is 5.95. The topological polar surface area (TPSA) is 359 Å². The SMILES string of the molecule is Cc1oc2nc1C(=O)N[C@@H](CCCN=C(N)N)c1nc(c(C)o1)C(=O)N[C@@H](CCCN=C(N)N)c1nc(c(C)o1)C(=O)N[C@H]2CCCN=C(N)N. The molecule has 0 aliphatic carbocycles. The Morgan fingerprint density at radius 3 is 1.02 bits per heavy atom.